The minimum absolute atomic E-state index is 0.238. The Morgan fingerprint density at radius 2 is 2.29 bits per heavy atom. The van der Waals surface area contributed by atoms with E-state index in [-0.39, 0.29) is 12.0 Å². The van der Waals surface area contributed by atoms with Crippen LogP contribution in [0.25, 0.3) is 0 Å². The Hall–Kier alpha value is -1.22. The predicted octanol–water partition coefficient (Wildman–Crippen LogP) is 3.48. The topological polar surface area (TPSA) is 38.3 Å². The molecule has 1 N–H and O–H groups in total. The van der Waals surface area contributed by atoms with Crippen molar-refractivity contribution < 1.29 is 9.53 Å². The van der Waals surface area contributed by atoms with Crippen molar-refractivity contribution in [3.8, 4) is 0 Å². The van der Waals surface area contributed by atoms with Crippen LogP contribution in [-0.4, -0.2) is 19.1 Å². The summed E-state index contributed by atoms with van der Waals surface area (Å²) >= 11 is 5.89. The van der Waals surface area contributed by atoms with Gasteiger partial charge in [-0.1, -0.05) is 37.4 Å². The van der Waals surface area contributed by atoms with Gasteiger partial charge in [0.2, 0.25) is 0 Å². The third kappa shape index (κ3) is 4.65. The second-order valence-corrected chi connectivity index (χ2v) is 4.31. The SMILES string of the molecule is CCCCC(Nc1cccc(Cl)c1)C(=O)OC. The molecule has 0 aromatic heterocycles. The fraction of sp³-hybridized carbons (Fsp3) is 0.462. The van der Waals surface area contributed by atoms with E-state index in [1.165, 1.54) is 7.11 Å². The van der Waals surface area contributed by atoms with Gasteiger partial charge in [-0.3, -0.25) is 0 Å². The Bertz CT molecular complexity index is 368. The highest BCUT2D eigenvalue weighted by molar-refractivity contribution is 6.30. The molecule has 1 atom stereocenters. The van der Waals surface area contributed by atoms with Crippen molar-refractivity contribution in [1.29, 1.82) is 0 Å². The number of benzene rings is 1. The highest BCUT2D eigenvalue weighted by atomic mass is 35.5. The van der Waals surface area contributed by atoms with E-state index in [2.05, 4.69) is 12.2 Å². The Morgan fingerprint density at radius 3 is 2.88 bits per heavy atom. The van der Waals surface area contributed by atoms with Crippen LogP contribution in [0, 0.1) is 0 Å². The quantitative estimate of drug-likeness (QED) is 0.791. The Kier molecular flexibility index (Phi) is 5.84. The molecule has 17 heavy (non-hydrogen) atoms. The lowest BCUT2D eigenvalue weighted by Gasteiger charge is -2.17. The molecule has 0 heterocycles. The molecule has 0 aliphatic carbocycles. The van der Waals surface area contributed by atoms with Crippen molar-refractivity contribution in [2.45, 2.75) is 32.2 Å². The maximum atomic E-state index is 11.6. The molecule has 1 aromatic carbocycles. The number of unbranched alkanes of at least 4 members (excludes halogenated alkanes) is 1. The van der Waals surface area contributed by atoms with Gasteiger partial charge in [0, 0.05) is 10.7 Å². The normalized spacial score (nSPS) is 11.9. The fourth-order valence-corrected chi connectivity index (χ4v) is 1.77. The summed E-state index contributed by atoms with van der Waals surface area (Å²) in [5.74, 6) is -0.238. The number of methoxy groups -OCH3 is 1. The molecule has 0 amide bonds. The van der Waals surface area contributed by atoms with Gasteiger partial charge in [-0.05, 0) is 24.6 Å². The Labute approximate surface area is 107 Å². The first-order valence-corrected chi connectivity index (χ1v) is 6.15. The summed E-state index contributed by atoms with van der Waals surface area (Å²) in [6.45, 7) is 2.09. The van der Waals surface area contributed by atoms with Crippen LogP contribution in [0.2, 0.25) is 5.02 Å². The van der Waals surface area contributed by atoms with Crippen LogP contribution in [0.15, 0.2) is 24.3 Å². The van der Waals surface area contributed by atoms with Crippen molar-refractivity contribution in [3.63, 3.8) is 0 Å². The van der Waals surface area contributed by atoms with E-state index in [1.807, 2.05) is 12.1 Å². The number of rotatable bonds is 6. The number of hydrogen-bond acceptors (Lipinski definition) is 3. The molecule has 0 aliphatic heterocycles. The van der Waals surface area contributed by atoms with Crippen LogP contribution < -0.4 is 5.32 Å². The maximum absolute atomic E-state index is 11.6. The summed E-state index contributed by atoms with van der Waals surface area (Å²) in [7, 11) is 1.40. The van der Waals surface area contributed by atoms with E-state index in [9.17, 15) is 4.79 Å². The average Bonchev–Trinajstić information content (AvgIpc) is 2.33. The summed E-state index contributed by atoms with van der Waals surface area (Å²) in [5.41, 5.74) is 0.837. The highest BCUT2D eigenvalue weighted by Crippen LogP contribution is 2.17. The van der Waals surface area contributed by atoms with Crippen molar-refractivity contribution in [2.75, 3.05) is 12.4 Å². The summed E-state index contributed by atoms with van der Waals surface area (Å²) in [6, 6.07) is 7.01. The molecule has 1 unspecified atom stereocenters. The average molecular weight is 256 g/mol. The molecule has 0 radical (unpaired) electrons. The molecule has 0 fully saturated rings. The van der Waals surface area contributed by atoms with Gasteiger partial charge in [0.25, 0.3) is 0 Å². The van der Waals surface area contributed by atoms with E-state index in [0.717, 1.165) is 24.9 Å². The lowest BCUT2D eigenvalue weighted by molar-refractivity contribution is -0.141. The van der Waals surface area contributed by atoms with Crippen molar-refractivity contribution >= 4 is 23.3 Å². The number of hydrogen-bond donors (Lipinski definition) is 1. The summed E-state index contributed by atoms with van der Waals surface area (Å²) < 4.78 is 4.78. The number of nitrogens with one attached hydrogen (secondary N) is 1. The van der Waals surface area contributed by atoms with Gasteiger partial charge in [0.05, 0.1) is 7.11 Å². The first kappa shape index (κ1) is 13.8. The Morgan fingerprint density at radius 1 is 1.53 bits per heavy atom. The first-order valence-electron chi connectivity index (χ1n) is 5.77. The van der Waals surface area contributed by atoms with Crippen LogP contribution in [0.4, 0.5) is 5.69 Å². The molecule has 0 aliphatic rings. The van der Waals surface area contributed by atoms with Crippen LogP contribution in [0.3, 0.4) is 0 Å². The van der Waals surface area contributed by atoms with Crippen molar-refractivity contribution in [3.05, 3.63) is 29.3 Å². The van der Waals surface area contributed by atoms with E-state index in [4.69, 9.17) is 16.3 Å². The third-order valence-electron chi connectivity index (χ3n) is 2.50. The smallest absolute Gasteiger partial charge is 0.328 e. The number of esters is 1. The van der Waals surface area contributed by atoms with Crippen molar-refractivity contribution in [1.82, 2.24) is 0 Å². The van der Waals surface area contributed by atoms with Crippen LogP contribution >= 0.6 is 11.6 Å². The molecular weight excluding hydrogens is 238 g/mol. The number of carbonyl (C=O) groups is 1. The highest BCUT2D eigenvalue weighted by Gasteiger charge is 2.18. The fourth-order valence-electron chi connectivity index (χ4n) is 1.58. The zero-order valence-electron chi connectivity index (χ0n) is 10.2. The van der Waals surface area contributed by atoms with E-state index >= 15 is 0 Å². The molecule has 0 saturated carbocycles. The van der Waals surface area contributed by atoms with Gasteiger partial charge in [-0.2, -0.15) is 0 Å². The largest absolute Gasteiger partial charge is 0.467 e. The third-order valence-corrected chi connectivity index (χ3v) is 2.73. The van der Waals surface area contributed by atoms with Gasteiger partial charge in [-0.15, -0.1) is 0 Å². The minimum Gasteiger partial charge on any atom is -0.467 e. The van der Waals surface area contributed by atoms with Gasteiger partial charge >= 0.3 is 5.97 Å². The lowest BCUT2D eigenvalue weighted by Crippen LogP contribution is -2.30. The summed E-state index contributed by atoms with van der Waals surface area (Å²) in [5, 5.41) is 3.79. The predicted molar refractivity (Wildman–Crippen MR) is 70.4 cm³/mol. The van der Waals surface area contributed by atoms with Gasteiger partial charge in [-0.25, -0.2) is 4.79 Å². The summed E-state index contributed by atoms with van der Waals surface area (Å²) in [6.07, 6.45) is 2.79. The molecular formula is C13H18ClNO2. The van der Waals surface area contributed by atoms with Gasteiger partial charge in [0.15, 0.2) is 0 Å². The molecule has 1 rings (SSSR count). The second kappa shape index (κ2) is 7.17. The molecule has 0 saturated heterocycles. The lowest BCUT2D eigenvalue weighted by atomic mass is 10.1. The maximum Gasteiger partial charge on any atom is 0.328 e. The molecule has 0 spiro atoms. The van der Waals surface area contributed by atoms with Gasteiger partial charge < -0.3 is 10.1 Å². The molecule has 1 aromatic rings. The summed E-state index contributed by atoms with van der Waals surface area (Å²) in [4.78, 5) is 11.6. The zero-order valence-corrected chi connectivity index (χ0v) is 11.0. The standard InChI is InChI=1S/C13H18ClNO2/c1-3-4-8-12(13(16)17-2)15-11-7-5-6-10(14)9-11/h5-7,9,12,15H,3-4,8H2,1-2H3. The van der Waals surface area contributed by atoms with Crippen LogP contribution in [0.5, 0.6) is 0 Å². The Balaban J connectivity index is 2.68. The van der Waals surface area contributed by atoms with E-state index in [0.29, 0.717) is 5.02 Å². The van der Waals surface area contributed by atoms with Crippen molar-refractivity contribution in [2.24, 2.45) is 0 Å². The number of anilines is 1. The molecule has 3 nitrogen and oxygen atoms in total. The first-order chi connectivity index (χ1) is 8.17. The second-order valence-electron chi connectivity index (χ2n) is 3.87. The van der Waals surface area contributed by atoms with Crippen LogP contribution in [-0.2, 0) is 9.53 Å². The number of carbonyl (C=O) groups excluding carboxylic acids is 1. The molecule has 0 bridgehead atoms. The van der Waals surface area contributed by atoms with Gasteiger partial charge in [0.1, 0.15) is 6.04 Å². The number of halogens is 1. The van der Waals surface area contributed by atoms with Crippen LogP contribution in [0.1, 0.15) is 26.2 Å². The zero-order chi connectivity index (χ0) is 12.7. The van der Waals surface area contributed by atoms with E-state index in [1.54, 1.807) is 12.1 Å². The monoisotopic (exact) mass is 255 g/mol. The molecule has 94 valence electrons. The van der Waals surface area contributed by atoms with E-state index < -0.39 is 0 Å². The number of ether oxygens (including phenoxy) is 1. The minimum atomic E-state index is -0.307. The molecule has 4 heteroatoms.